The Morgan fingerprint density at radius 2 is 1.71 bits per heavy atom. The van der Waals surface area contributed by atoms with Gasteiger partial charge >= 0.3 is 5.97 Å². The van der Waals surface area contributed by atoms with Gasteiger partial charge in [0, 0.05) is 19.2 Å². The standard InChI is InChI=1S/C28H35N3O4/c1-17(2)15-31(16-18(3)4)25-11-10-21(23-9-7-8-19(5)27(23)28(33)34)13-24(25)29-26(32)14-22-12-20(6)30-35-22/h7-13,17-18H,14-16H2,1-6H3,(H,29,32)(H,33,34). The van der Waals surface area contributed by atoms with Gasteiger partial charge in [0.1, 0.15) is 5.76 Å². The summed E-state index contributed by atoms with van der Waals surface area (Å²) in [7, 11) is 0. The maximum absolute atomic E-state index is 13.0. The minimum absolute atomic E-state index is 0.0592. The fraction of sp³-hybridized carbons (Fsp3) is 0.393. The molecule has 0 fully saturated rings. The van der Waals surface area contributed by atoms with Crippen LogP contribution in [0.15, 0.2) is 47.0 Å². The summed E-state index contributed by atoms with van der Waals surface area (Å²) in [4.78, 5) is 27.3. The molecule has 0 bridgehead atoms. The molecule has 35 heavy (non-hydrogen) atoms. The third-order valence-corrected chi connectivity index (χ3v) is 5.59. The summed E-state index contributed by atoms with van der Waals surface area (Å²) in [5, 5.41) is 16.7. The largest absolute Gasteiger partial charge is 0.478 e. The first-order valence-electron chi connectivity index (χ1n) is 12.0. The van der Waals surface area contributed by atoms with Crippen molar-refractivity contribution in [3.63, 3.8) is 0 Å². The molecule has 3 aromatic rings. The van der Waals surface area contributed by atoms with Crippen LogP contribution in [0.25, 0.3) is 11.1 Å². The zero-order chi connectivity index (χ0) is 25.7. The number of aromatic carboxylic acids is 1. The number of carbonyl (C=O) groups is 2. The second-order valence-corrected chi connectivity index (χ2v) is 9.89. The minimum atomic E-state index is -0.977. The summed E-state index contributed by atoms with van der Waals surface area (Å²) in [6.45, 7) is 13.9. The molecule has 0 saturated heterocycles. The zero-order valence-corrected chi connectivity index (χ0v) is 21.4. The van der Waals surface area contributed by atoms with Crippen molar-refractivity contribution in [1.82, 2.24) is 5.16 Å². The number of amides is 1. The van der Waals surface area contributed by atoms with Crippen molar-refractivity contribution < 1.29 is 19.2 Å². The number of benzene rings is 2. The number of nitrogens with one attached hydrogen (secondary N) is 1. The number of carbonyl (C=O) groups excluding carboxylic acids is 1. The average Bonchev–Trinajstić information content (AvgIpc) is 3.16. The number of hydrogen-bond donors (Lipinski definition) is 2. The van der Waals surface area contributed by atoms with Crippen LogP contribution >= 0.6 is 0 Å². The van der Waals surface area contributed by atoms with Crippen molar-refractivity contribution in [1.29, 1.82) is 0 Å². The Hall–Kier alpha value is -3.61. The van der Waals surface area contributed by atoms with Crippen LogP contribution in [0.5, 0.6) is 0 Å². The number of nitrogens with zero attached hydrogens (tertiary/aromatic N) is 2. The summed E-state index contributed by atoms with van der Waals surface area (Å²) >= 11 is 0. The van der Waals surface area contributed by atoms with Gasteiger partial charge in [0.25, 0.3) is 0 Å². The van der Waals surface area contributed by atoms with Crippen LogP contribution in [0.1, 0.15) is 55.1 Å². The fourth-order valence-corrected chi connectivity index (χ4v) is 4.28. The number of aryl methyl sites for hydroxylation is 2. The molecule has 0 radical (unpaired) electrons. The quantitative estimate of drug-likeness (QED) is 0.374. The molecule has 7 nitrogen and oxygen atoms in total. The van der Waals surface area contributed by atoms with Crippen LogP contribution in [0, 0.1) is 25.7 Å². The van der Waals surface area contributed by atoms with Crippen molar-refractivity contribution in [2.75, 3.05) is 23.3 Å². The van der Waals surface area contributed by atoms with E-state index in [9.17, 15) is 14.7 Å². The van der Waals surface area contributed by atoms with E-state index in [-0.39, 0.29) is 17.9 Å². The third-order valence-electron chi connectivity index (χ3n) is 5.59. The van der Waals surface area contributed by atoms with Crippen LogP contribution < -0.4 is 10.2 Å². The van der Waals surface area contributed by atoms with Gasteiger partial charge in [-0.1, -0.05) is 57.1 Å². The number of hydrogen-bond acceptors (Lipinski definition) is 5. The van der Waals surface area contributed by atoms with Gasteiger partial charge < -0.3 is 19.8 Å². The molecular weight excluding hydrogens is 442 g/mol. The van der Waals surface area contributed by atoms with Crippen molar-refractivity contribution in [2.45, 2.75) is 48.0 Å². The van der Waals surface area contributed by atoms with Crippen molar-refractivity contribution in [2.24, 2.45) is 11.8 Å². The predicted molar refractivity (Wildman–Crippen MR) is 139 cm³/mol. The van der Waals surface area contributed by atoms with Crippen molar-refractivity contribution >= 4 is 23.3 Å². The molecule has 1 amide bonds. The van der Waals surface area contributed by atoms with E-state index in [1.54, 1.807) is 25.1 Å². The van der Waals surface area contributed by atoms with Crippen LogP contribution in [0.2, 0.25) is 0 Å². The Kier molecular flexibility index (Phi) is 8.33. The Balaban J connectivity index is 2.07. The smallest absolute Gasteiger partial charge is 0.336 e. The molecule has 7 heteroatoms. The molecule has 0 saturated carbocycles. The van der Waals surface area contributed by atoms with Gasteiger partial charge in [-0.3, -0.25) is 4.79 Å². The Morgan fingerprint density at radius 1 is 1.03 bits per heavy atom. The topological polar surface area (TPSA) is 95.7 Å². The molecule has 0 aliphatic rings. The van der Waals surface area contributed by atoms with E-state index in [1.807, 2.05) is 31.2 Å². The fourth-order valence-electron chi connectivity index (χ4n) is 4.28. The van der Waals surface area contributed by atoms with Gasteiger partial charge in [-0.05, 0) is 54.5 Å². The highest BCUT2D eigenvalue weighted by Crippen LogP contribution is 2.35. The molecule has 0 spiro atoms. The molecule has 2 N–H and O–H groups in total. The monoisotopic (exact) mass is 477 g/mol. The molecule has 1 heterocycles. The van der Waals surface area contributed by atoms with Gasteiger partial charge in [0.2, 0.25) is 5.91 Å². The first-order valence-corrected chi connectivity index (χ1v) is 12.0. The van der Waals surface area contributed by atoms with Gasteiger partial charge in [-0.15, -0.1) is 0 Å². The van der Waals surface area contributed by atoms with E-state index in [2.05, 4.69) is 43.1 Å². The maximum atomic E-state index is 13.0. The lowest BCUT2D eigenvalue weighted by Crippen LogP contribution is -2.32. The SMILES string of the molecule is Cc1cc(CC(=O)Nc2cc(-c3cccc(C)c3C(=O)O)ccc2N(CC(C)C)CC(C)C)on1. The number of aromatic nitrogens is 1. The highest BCUT2D eigenvalue weighted by molar-refractivity contribution is 6.00. The Labute approximate surface area is 207 Å². The average molecular weight is 478 g/mol. The molecule has 0 aliphatic carbocycles. The Morgan fingerprint density at radius 3 is 2.29 bits per heavy atom. The van der Waals surface area contributed by atoms with Gasteiger partial charge in [0.05, 0.1) is 29.1 Å². The summed E-state index contributed by atoms with van der Waals surface area (Å²) in [6.07, 6.45) is 0.0592. The van der Waals surface area contributed by atoms with Crippen molar-refractivity contribution in [3.05, 3.63) is 65.0 Å². The lowest BCUT2D eigenvalue weighted by atomic mass is 9.95. The van der Waals surface area contributed by atoms with E-state index in [4.69, 9.17) is 4.52 Å². The summed E-state index contributed by atoms with van der Waals surface area (Å²) < 4.78 is 5.22. The lowest BCUT2D eigenvalue weighted by Gasteiger charge is -2.31. The van der Waals surface area contributed by atoms with Gasteiger partial charge in [-0.25, -0.2) is 4.79 Å². The summed E-state index contributed by atoms with van der Waals surface area (Å²) in [5.74, 6) is 0.130. The van der Waals surface area contributed by atoms with Crippen LogP contribution in [-0.4, -0.2) is 35.2 Å². The van der Waals surface area contributed by atoms with Gasteiger partial charge in [-0.2, -0.15) is 0 Å². The second-order valence-electron chi connectivity index (χ2n) is 9.89. The second kappa shape index (κ2) is 11.2. The highest BCUT2D eigenvalue weighted by atomic mass is 16.5. The van der Waals surface area contributed by atoms with E-state index in [1.165, 1.54) is 0 Å². The first-order chi connectivity index (χ1) is 16.5. The molecule has 1 aromatic heterocycles. The molecule has 0 unspecified atom stereocenters. The van der Waals surface area contributed by atoms with E-state index in [0.29, 0.717) is 34.4 Å². The summed E-state index contributed by atoms with van der Waals surface area (Å²) in [6, 6.07) is 13.0. The normalized spacial score (nSPS) is 11.2. The lowest BCUT2D eigenvalue weighted by molar-refractivity contribution is -0.115. The van der Waals surface area contributed by atoms with E-state index < -0.39 is 5.97 Å². The van der Waals surface area contributed by atoms with Crippen LogP contribution in [0.4, 0.5) is 11.4 Å². The number of rotatable bonds is 10. The molecule has 2 aromatic carbocycles. The number of anilines is 2. The molecular formula is C28H35N3O4. The predicted octanol–water partition coefficient (Wildman–Crippen LogP) is 5.96. The molecule has 0 atom stereocenters. The van der Waals surface area contributed by atoms with Crippen LogP contribution in [0.3, 0.4) is 0 Å². The molecule has 3 rings (SSSR count). The number of carboxylic acid groups (broad SMARTS) is 1. The van der Waals surface area contributed by atoms with E-state index in [0.717, 1.165) is 30.0 Å². The van der Waals surface area contributed by atoms with Crippen molar-refractivity contribution in [3.8, 4) is 11.1 Å². The number of carboxylic acids is 1. The first kappa shape index (κ1) is 26.0. The van der Waals surface area contributed by atoms with Crippen LogP contribution in [-0.2, 0) is 11.2 Å². The van der Waals surface area contributed by atoms with E-state index >= 15 is 0 Å². The Bertz CT molecular complexity index is 1190. The summed E-state index contributed by atoms with van der Waals surface area (Å²) in [5.41, 5.74) is 4.56. The maximum Gasteiger partial charge on any atom is 0.336 e. The molecule has 0 aliphatic heterocycles. The van der Waals surface area contributed by atoms with Gasteiger partial charge in [0.15, 0.2) is 0 Å². The zero-order valence-electron chi connectivity index (χ0n) is 21.4. The third kappa shape index (κ3) is 6.72. The highest BCUT2D eigenvalue weighted by Gasteiger charge is 2.20. The minimum Gasteiger partial charge on any atom is -0.478 e. The molecule has 186 valence electrons.